The summed E-state index contributed by atoms with van der Waals surface area (Å²) in [5.74, 6) is 6.73. The SMILES string of the molecule is CC#CCn1c(N2CCC[C@H](N)C2)c(C#N)c2[nH]cc(Cc3nccc4ccccc34)c(=O)c21. The van der Waals surface area contributed by atoms with Crippen molar-refractivity contribution in [1.29, 1.82) is 5.26 Å². The molecule has 1 atom stereocenters. The molecule has 0 bridgehead atoms. The van der Waals surface area contributed by atoms with E-state index >= 15 is 0 Å². The van der Waals surface area contributed by atoms with Crippen LogP contribution in [0.15, 0.2) is 47.5 Å². The molecule has 0 amide bonds. The normalized spacial score (nSPS) is 15.8. The van der Waals surface area contributed by atoms with Gasteiger partial charge in [0.1, 0.15) is 23.0 Å². The molecule has 0 spiro atoms. The fraction of sp³-hybridized carbons (Fsp3) is 0.296. The highest BCUT2D eigenvalue weighted by Crippen LogP contribution is 2.32. The van der Waals surface area contributed by atoms with Gasteiger partial charge in [-0.15, -0.1) is 5.92 Å². The minimum absolute atomic E-state index is 0.0349. The van der Waals surface area contributed by atoms with Crippen molar-refractivity contribution in [3.8, 4) is 17.9 Å². The molecule has 0 saturated carbocycles. The van der Waals surface area contributed by atoms with Crippen molar-refractivity contribution in [2.75, 3.05) is 18.0 Å². The quantitative estimate of drug-likeness (QED) is 0.465. The van der Waals surface area contributed by atoms with Crippen molar-refractivity contribution in [2.45, 2.75) is 38.8 Å². The first-order valence-electron chi connectivity index (χ1n) is 11.5. The van der Waals surface area contributed by atoms with Crippen LogP contribution < -0.4 is 16.1 Å². The lowest BCUT2D eigenvalue weighted by Gasteiger charge is -2.33. The highest BCUT2D eigenvalue weighted by molar-refractivity contribution is 5.90. The molecule has 4 aromatic rings. The number of fused-ring (bicyclic) bond motifs is 2. The van der Waals surface area contributed by atoms with Gasteiger partial charge in [0.15, 0.2) is 0 Å². The lowest BCUT2D eigenvalue weighted by atomic mass is 10.0. The lowest BCUT2D eigenvalue weighted by molar-refractivity contribution is 0.499. The minimum Gasteiger partial charge on any atom is -0.358 e. The number of rotatable bonds is 4. The molecule has 7 nitrogen and oxygen atoms in total. The average molecular weight is 451 g/mol. The summed E-state index contributed by atoms with van der Waals surface area (Å²) in [6.07, 6.45) is 5.78. The molecule has 34 heavy (non-hydrogen) atoms. The molecule has 1 saturated heterocycles. The maximum Gasteiger partial charge on any atom is 0.209 e. The van der Waals surface area contributed by atoms with Crippen LogP contribution >= 0.6 is 0 Å². The minimum atomic E-state index is -0.106. The van der Waals surface area contributed by atoms with E-state index < -0.39 is 0 Å². The van der Waals surface area contributed by atoms with Crippen LogP contribution in [-0.4, -0.2) is 33.7 Å². The Hall–Kier alpha value is -4.07. The fourth-order valence-electron chi connectivity index (χ4n) is 4.94. The van der Waals surface area contributed by atoms with Crippen LogP contribution in [0.3, 0.4) is 0 Å². The maximum atomic E-state index is 13.8. The first-order chi connectivity index (χ1) is 16.6. The Balaban J connectivity index is 1.69. The number of aromatic amines is 1. The Kier molecular flexibility index (Phi) is 5.79. The summed E-state index contributed by atoms with van der Waals surface area (Å²) >= 11 is 0. The maximum absolute atomic E-state index is 13.8. The molecule has 3 aromatic heterocycles. The monoisotopic (exact) mass is 450 g/mol. The Morgan fingerprint density at radius 3 is 2.94 bits per heavy atom. The summed E-state index contributed by atoms with van der Waals surface area (Å²) in [4.78, 5) is 23.8. The summed E-state index contributed by atoms with van der Waals surface area (Å²) in [6, 6.07) is 12.4. The second kappa shape index (κ2) is 9.05. The van der Waals surface area contributed by atoms with Crippen molar-refractivity contribution >= 4 is 27.6 Å². The largest absolute Gasteiger partial charge is 0.358 e. The molecule has 7 heteroatoms. The third-order valence-electron chi connectivity index (χ3n) is 6.53. The van der Waals surface area contributed by atoms with Crippen LogP contribution in [0.1, 0.15) is 36.6 Å². The number of H-pyrrole nitrogens is 1. The number of nitrogens with two attached hydrogens (primary N) is 1. The third-order valence-corrected chi connectivity index (χ3v) is 6.53. The van der Waals surface area contributed by atoms with E-state index in [2.05, 4.69) is 32.8 Å². The standard InChI is InChI=1S/C27H26N6O/c1-2-3-13-33-25-24(22(15-28)27(33)32-12-6-8-20(29)17-32)31-16-19(26(25)34)14-23-21-9-5-4-7-18(21)10-11-30-23/h4-5,7,9-11,16,20H,6,8,12-14,17,29H2,1H3,(H,31,34)/t20-/m0/s1. The Bertz CT molecular complexity index is 1540. The fourth-order valence-corrected chi connectivity index (χ4v) is 4.94. The molecule has 170 valence electrons. The summed E-state index contributed by atoms with van der Waals surface area (Å²) < 4.78 is 1.89. The average Bonchev–Trinajstić information content (AvgIpc) is 3.18. The van der Waals surface area contributed by atoms with Crippen LogP contribution in [0.2, 0.25) is 0 Å². The molecule has 5 rings (SSSR count). The molecule has 4 heterocycles. The molecule has 1 aliphatic heterocycles. The molecule has 3 N–H and O–H groups in total. The predicted molar refractivity (Wildman–Crippen MR) is 135 cm³/mol. The molecule has 1 aromatic carbocycles. The first-order valence-corrected chi connectivity index (χ1v) is 11.5. The van der Waals surface area contributed by atoms with Gasteiger partial charge in [0.2, 0.25) is 5.43 Å². The second-order valence-corrected chi connectivity index (χ2v) is 8.69. The van der Waals surface area contributed by atoms with Crippen molar-refractivity contribution in [1.82, 2.24) is 14.5 Å². The molecular formula is C27H26N6O. The molecule has 1 fully saturated rings. The summed E-state index contributed by atoms with van der Waals surface area (Å²) in [6.45, 7) is 3.54. The highest BCUT2D eigenvalue weighted by atomic mass is 16.1. The lowest BCUT2D eigenvalue weighted by Crippen LogP contribution is -2.44. The molecule has 0 unspecified atom stereocenters. The molecular weight excluding hydrogens is 424 g/mol. The predicted octanol–water partition coefficient (Wildman–Crippen LogP) is 3.29. The number of anilines is 1. The van der Waals surface area contributed by atoms with Gasteiger partial charge in [0.05, 0.1) is 17.8 Å². The summed E-state index contributed by atoms with van der Waals surface area (Å²) in [5.41, 5.74) is 9.08. The smallest absolute Gasteiger partial charge is 0.209 e. The number of benzene rings is 1. The van der Waals surface area contributed by atoms with Gasteiger partial charge in [-0.2, -0.15) is 5.26 Å². The van der Waals surface area contributed by atoms with Gasteiger partial charge < -0.3 is 20.2 Å². The van der Waals surface area contributed by atoms with E-state index in [1.165, 1.54) is 0 Å². The van der Waals surface area contributed by atoms with Crippen molar-refractivity contribution in [3.05, 3.63) is 69.8 Å². The number of pyridine rings is 2. The Morgan fingerprint density at radius 2 is 2.15 bits per heavy atom. The van der Waals surface area contributed by atoms with Crippen LogP contribution in [0.25, 0.3) is 21.8 Å². The van der Waals surface area contributed by atoms with E-state index in [0.717, 1.165) is 41.7 Å². The van der Waals surface area contributed by atoms with E-state index in [4.69, 9.17) is 5.73 Å². The van der Waals surface area contributed by atoms with Gasteiger partial charge in [0.25, 0.3) is 0 Å². The topological polar surface area (TPSA) is 104 Å². The van der Waals surface area contributed by atoms with Gasteiger partial charge in [-0.3, -0.25) is 9.78 Å². The Morgan fingerprint density at radius 1 is 1.29 bits per heavy atom. The van der Waals surface area contributed by atoms with Gasteiger partial charge in [0, 0.05) is 48.9 Å². The number of piperidine rings is 1. The van der Waals surface area contributed by atoms with E-state index in [1.807, 2.05) is 34.9 Å². The summed E-state index contributed by atoms with van der Waals surface area (Å²) in [5, 5.41) is 12.2. The zero-order valence-corrected chi connectivity index (χ0v) is 19.1. The van der Waals surface area contributed by atoms with E-state index in [1.54, 1.807) is 19.3 Å². The van der Waals surface area contributed by atoms with Crippen LogP contribution in [0.4, 0.5) is 5.82 Å². The van der Waals surface area contributed by atoms with Crippen molar-refractivity contribution < 1.29 is 0 Å². The van der Waals surface area contributed by atoms with Gasteiger partial charge in [-0.1, -0.05) is 30.2 Å². The van der Waals surface area contributed by atoms with Gasteiger partial charge in [-0.25, -0.2) is 0 Å². The molecule has 0 radical (unpaired) electrons. The molecule has 0 aliphatic carbocycles. The van der Waals surface area contributed by atoms with E-state index in [9.17, 15) is 10.1 Å². The second-order valence-electron chi connectivity index (χ2n) is 8.69. The number of nitrogens with zero attached hydrogens (tertiary/aromatic N) is 4. The van der Waals surface area contributed by atoms with Crippen LogP contribution in [-0.2, 0) is 13.0 Å². The van der Waals surface area contributed by atoms with E-state index in [0.29, 0.717) is 41.7 Å². The highest BCUT2D eigenvalue weighted by Gasteiger charge is 2.28. The van der Waals surface area contributed by atoms with Crippen LogP contribution in [0, 0.1) is 23.2 Å². The Labute approximate surface area is 197 Å². The van der Waals surface area contributed by atoms with Crippen molar-refractivity contribution in [2.24, 2.45) is 5.73 Å². The van der Waals surface area contributed by atoms with Gasteiger partial charge in [-0.05, 0) is 31.2 Å². The first kappa shape index (κ1) is 21.8. The zero-order valence-electron chi connectivity index (χ0n) is 19.1. The van der Waals surface area contributed by atoms with Gasteiger partial charge >= 0.3 is 0 Å². The van der Waals surface area contributed by atoms with E-state index in [-0.39, 0.29) is 11.5 Å². The number of hydrogen-bond acceptors (Lipinski definition) is 5. The number of nitriles is 1. The number of aromatic nitrogens is 3. The molecule has 1 aliphatic rings. The summed E-state index contributed by atoms with van der Waals surface area (Å²) in [7, 11) is 0. The third kappa shape index (κ3) is 3.71. The number of nitrogens with one attached hydrogen (secondary N) is 1. The van der Waals surface area contributed by atoms with Crippen molar-refractivity contribution in [3.63, 3.8) is 0 Å². The number of hydrogen-bond donors (Lipinski definition) is 2. The zero-order chi connectivity index (χ0) is 23.7. The van der Waals surface area contributed by atoms with Crippen LogP contribution in [0.5, 0.6) is 0 Å².